The normalized spacial score (nSPS) is 12.2. The molecule has 0 aliphatic heterocycles. The molecular formula is C13H19NO2. The number of hydrogen-bond donors (Lipinski definition) is 3. The highest BCUT2D eigenvalue weighted by molar-refractivity contribution is 5.40. The van der Waals surface area contributed by atoms with Gasteiger partial charge in [0.15, 0.2) is 0 Å². The lowest BCUT2D eigenvalue weighted by molar-refractivity contribution is 0.438. The molecule has 3 N–H and O–H groups in total. The van der Waals surface area contributed by atoms with Gasteiger partial charge in [-0.2, -0.15) is 0 Å². The minimum atomic E-state index is 0.0520. The number of phenolic OH excluding ortho intramolecular Hbond substituents is 2. The summed E-state index contributed by atoms with van der Waals surface area (Å²) in [6.45, 7) is 6.84. The van der Waals surface area contributed by atoms with E-state index in [2.05, 4.69) is 11.4 Å². The molecule has 0 spiro atoms. The van der Waals surface area contributed by atoms with E-state index in [-0.39, 0.29) is 17.5 Å². The lowest BCUT2D eigenvalue weighted by atomic mass is 10.1. The molecular weight excluding hydrogens is 202 g/mol. The molecule has 0 aliphatic carbocycles. The van der Waals surface area contributed by atoms with Crippen LogP contribution in [0.2, 0.25) is 0 Å². The van der Waals surface area contributed by atoms with E-state index in [1.165, 1.54) is 11.6 Å². The Morgan fingerprint density at radius 1 is 1.38 bits per heavy atom. The van der Waals surface area contributed by atoms with Gasteiger partial charge in [-0.05, 0) is 26.8 Å². The van der Waals surface area contributed by atoms with Gasteiger partial charge >= 0.3 is 0 Å². The number of allylic oxidation sites excluding steroid dienone is 1. The Labute approximate surface area is 96.4 Å². The van der Waals surface area contributed by atoms with Crippen molar-refractivity contribution in [2.75, 3.05) is 6.54 Å². The Hall–Kier alpha value is -1.48. The average Bonchev–Trinajstić information content (AvgIpc) is 2.16. The predicted octanol–water partition coefficient (Wildman–Crippen LogP) is 2.71. The molecule has 0 fully saturated rings. The standard InChI is InChI=1S/C13H19NO2/c1-9(2)6-7-14-10(3)12-5-4-11(15)8-13(12)16/h4-6,8,10,14-16H,7H2,1-3H3. The lowest BCUT2D eigenvalue weighted by Crippen LogP contribution is -2.18. The third-order valence-electron chi connectivity index (χ3n) is 2.41. The Bertz CT molecular complexity index is 382. The SMILES string of the molecule is CC(C)=CCNC(C)c1ccc(O)cc1O. The summed E-state index contributed by atoms with van der Waals surface area (Å²) in [4.78, 5) is 0. The van der Waals surface area contributed by atoms with Crippen LogP contribution in [0.4, 0.5) is 0 Å². The Morgan fingerprint density at radius 2 is 2.06 bits per heavy atom. The van der Waals surface area contributed by atoms with Crippen LogP contribution < -0.4 is 5.32 Å². The number of nitrogens with one attached hydrogen (secondary N) is 1. The monoisotopic (exact) mass is 221 g/mol. The van der Waals surface area contributed by atoms with E-state index < -0.39 is 0 Å². The van der Waals surface area contributed by atoms with E-state index >= 15 is 0 Å². The summed E-state index contributed by atoms with van der Waals surface area (Å²) < 4.78 is 0. The topological polar surface area (TPSA) is 52.5 Å². The summed E-state index contributed by atoms with van der Waals surface area (Å²) in [5, 5.41) is 22.1. The Balaban J connectivity index is 2.66. The summed E-state index contributed by atoms with van der Waals surface area (Å²) in [5.74, 6) is 0.204. The summed E-state index contributed by atoms with van der Waals surface area (Å²) in [6, 6.07) is 4.71. The molecule has 16 heavy (non-hydrogen) atoms. The van der Waals surface area contributed by atoms with E-state index in [1.807, 2.05) is 20.8 Å². The van der Waals surface area contributed by atoms with E-state index in [1.54, 1.807) is 12.1 Å². The van der Waals surface area contributed by atoms with E-state index in [0.717, 1.165) is 12.1 Å². The summed E-state index contributed by atoms with van der Waals surface area (Å²) >= 11 is 0. The zero-order valence-corrected chi connectivity index (χ0v) is 9.99. The molecule has 0 heterocycles. The van der Waals surface area contributed by atoms with Crippen molar-refractivity contribution >= 4 is 0 Å². The predicted molar refractivity (Wildman–Crippen MR) is 65.6 cm³/mol. The zero-order valence-electron chi connectivity index (χ0n) is 9.99. The van der Waals surface area contributed by atoms with Gasteiger partial charge in [-0.3, -0.25) is 0 Å². The van der Waals surface area contributed by atoms with Crippen molar-refractivity contribution in [2.45, 2.75) is 26.8 Å². The van der Waals surface area contributed by atoms with Crippen LogP contribution in [0.1, 0.15) is 32.4 Å². The highest BCUT2D eigenvalue weighted by Gasteiger charge is 2.09. The van der Waals surface area contributed by atoms with Gasteiger partial charge in [0.25, 0.3) is 0 Å². The molecule has 0 amide bonds. The first-order valence-electron chi connectivity index (χ1n) is 5.39. The van der Waals surface area contributed by atoms with E-state index in [4.69, 9.17) is 0 Å². The van der Waals surface area contributed by atoms with Crippen molar-refractivity contribution in [3.63, 3.8) is 0 Å². The molecule has 0 saturated carbocycles. The molecule has 0 saturated heterocycles. The molecule has 3 heteroatoms. The maximum absolute atomic E-state index is 9.65. The first-order valence-corrected chi connectivity index (χ1v) is 5.39. The first-order chi connectivity index (χ1) is 7.50. The van der Waals surface area contributed by atoms with Gasteiger partial charge in [0.2, 0.25) is 0 Å². The third-order valence-corrected chi connectivity index (χ3v) is 2.41. The van der Waals surface area contributed by atoms with Crippen LogP contribution in [0.25, 0.3) is 0 Å². The van der Waals surface area contributed by atoms with Gasteiger partial charge in [0, 0.05) is 24.2 Å². The van der Waals surface area contributed by atoms with Gasteiger partial charge < -0.3 is 15.5 Å². The molecule has 1 rings (SSSR count). The second-order valence-electron chi connectivity index (χ2n) is 4.15. The number of aromatic hydroxyl groups is 2. The van der Waals surface area contributed by atoms with Crippen molar-refractivity contribution in [2.24, 2.45) is 0 Å². The molecule has 0 radical (unpaired) electrons. The van der Waals surface area contributed by atoms with Gasteiger partial charge in [-0.15, -0.1) is 0 Å². The summed E-state index contributed by atoms with van der Waals surface area (Å²) in [6.07, 6.45) is 2.09. The van der Waals surface area contributed by atoms with Crippen molar-refractivity contribution in [3.05, 3.63) is 35.4 Å². The molecule has 0 aromatic heterocycles. The minimum absolute atomic E-state index is 0.0520. The van der Waals surface area contributed by atoms with Gasteiger partial charge in [-0.1, -0.05) is 17.7 Å². The number of rotatable bonds is 4. The van der Waals surface area contributed by atoms with Crippen LogP contribution in [0.5, 0.6) is 11.5 Å². The van der Waals surface area contributed by atoms with E-state index in [9.17, 15) is 10.2 Å². The van der Waals surface area contributed by atoms with E-state index in [0.29, 0.717) is 0 Å². The summed E-state index contributed by atoms with van der Waals surface area (Å²) in [5.41, 5.74) is 2.05. The van der Waals surface area contributed by atoms with Gasteiger partial charge in [-0.25, -0.2) is 0 Å². The molecule has 1 atom stereocenters. The zero-order chi connectivity index (χ0) is 12.1. The van der Waals surface area contributed by atoms with Crippen molar-refractivity contribution < 1.29 is 10.2 Å². The maximum Gasteiger partial charge on any atom is 0.124 e. The Kier molecular flexibility index (Phi) is 4.38. The summed E-state index contributed by atoms with van der Waals surface area (Å²) in [7, 11) is 0. The molecule has 1 aromatic carbocycles. The van der Waals surface area contributed by atoms with Crippen molar-refractivity contribution in [1.29, 1.82) is 0 Å². The van der Waals surface area contributed by atoms with Crippen LogP contribution in [0, 0.1) is 0 Å². The molecule has 0 aliphatic rings. The van der Waals surface area contributed by atoms with Crippen molar-refractivity contribution in [1.82, 2.24) is 5.32 Å². The highest BCUT2D eigenvalue weighted by atomic mass is 16.3. The molecule has 3 nitrogen and oxygen atoms in total. The number of hydrogen-bond acceptors (Lipinski definition) is 3. The number of phenols is 2. The lowest BCUT2D eigenvalue weighted by Gasteiger charge is -2.14. The molecule has 0 bridgehead atoms. The first kappa shape index (κ1) is 12.6. The second-order valence-corrected chi connectivity index (χ2v) is 4.15. The minimum Gasteiger partial charge on any atom is -0.508 e. The fourth-order valence-electron chi connectivity index (χ4n) is 1.45. The van der Waals surface area contributed by atoms with Crippen molar-refractivity contribution in [3.8, 4) is 11.5 Å². The van der Waals surface area contributed by atoms with Crippen LogP contribution in [-0.4, -0.2) is 16.8 Å². The van der Waals surface area contributed by atoms with Crippen LogP contribution in [0.15, 0.2) is 29.8 Å². The fraction of sp³-hybridized carbons (Fsp3) is 0.385. The van der Waals surface area contributed by atoms with Crippen LogP contribution >= 0.6 is 0 Å². The maximum atomic E-state index is 9.65. The largest absolute Gasteiger partial charge is 0.508 e. The highest BCUT2D eigenvalue weighted by Crippen LogP contribution is 2.27. The van der Waals surface area contributed by atoms with Crippen LogP contribution in [-0.2, 0) is 0 Å². The van der Waals surface area contributed by atoms with Gasteiger partial charge in [0.05, 0.1) is 0 Å². The second kappa shape index (κ2) is 5.56. The van der Waals surface area contributed by atoms with Crippen LogP contribution in [0.3, 0.4) is 0 Å². The third kappa shape index (κ3) is 3.59. The molecule has 88 valence electrons. The smallest absolute Gasteiger partial charge is 0.124 e. The molecule has 1 unspecified atom stereocenters. The number of benzene rings is 1. The average molecular weight is 221 g/mol. The fourth-order valence-corrected chi connectivity index (χ4v) is 1.45. The molecule has 1 aromatic rings. The quantitative estimate of drug-likeness (QED) is 0.685. The Morgan fingerprint density at radius 3 is 2.62 bits per heavy atom. The van der Waals surface area contributed by atoms with Gasteiger partial charge in [0.1, 0.15) is 11.5 Å².